The van der Waals surface area contributed by atoms with E-state index in [0.717, 1.165) is 0 Å². The molecule has 1 aromatic rings. The van der Waals surface area contributed by atoms with Gasteiger partial charge in [-0.15, -0.1) is 0 Å². The summed E-state index contributed by atoms with van der Waals surface area (Å²) in [5.74, 6) is -1.75. The van der Waals surface area contributed by atoms with E-state index in [2.05, 4.69) is 5.32 Å². The van der Waals surface area contributed by atoms with Gasteiger partial charge in [-0.1, -0.05) is 51.1 Å². The number of fused-ring (bicyclic) bond motifs is 5. The van der Waals surface area contributed by atoms with Crippen molar-refractivity contribution in [1.29, 1.82) is 0 Å². The molecule has 3 heterocycles. The van der Waals surface area contributed by atoms with E-state index >= 15 is 0 Å². The molecule has 0 aliphatic carbocycles. The number of ether oxygens (including phenoxy) is 1. The van der Waals surface area contributed by atoms with E-state index in [0.29, 0.717) is 5.69 Å². The second kappa shape index (κ2) is 5.51. The molecule has 4 atom stereocenters. The number of hydrogen-bond donors (Lipinski definition) is 1. The first-order valence-corrected chi connectivity index (χ1v) is 8.83. The van der Waals surface area contributed by atoms with Gasteiger partial charge in [0.1, 0.15) is 5.60 Å². The molecule has 0 spiro atoms. The van der Waals surface area contributed by atoms with Crippen LogP contribution in [0.5, 0.6) is 0 Å². The van der Waals surface area contributed by atoms with Crippen LogP contribution in [0.15, 0.2) is 42.5 Å². The zero-order valence-electron chi connectivity index (χ0n) is 15.1. The van der Waals surface area contributed by atoms with Crippen LogP contribution in [0.25, 0.3) is 0 Å². The molecule has 2 saturated heterocycles. The zero-order valence-corrected chi connectivity index (χ0v) is 15.1. The Hall–Kier alpha value is -2.47. The first-order valence-electron chi connectivity index (χ1n) is 8.83. The number of rotatable bonds is 3. The molecular formula is C20H22N2O4. The standard InChI is InChI=1S/C20H22N2O4/c1-19(2,3)18(25)21-11-20-10-9-13(26-20)14-15(20)17(24)22(16(14)23)12-7-5-4-6-8-12/h4-10,13-15H,11H2,1-3H3,(H,21,25)/t13-,14+,15+,20-/m1/s1. The predicted molar refractivity (Wildman–Crippen MR) is 95.1 cm³/mol. The summed E-state index contributed by atoms with van der Waals surface area (Å²) >= 11 is 0. The summed E-state index contributed by atoms with van der Waals surface area (Å²) in [6, 6.07) is 8.94. The van der Waals surface area contributed by atoms with Gasteiger partial charge in [0.25, 0.3) is 0 Å². The quantitative estimate of drug-likeness (QED) is 0.662. The Morgan fingerprint density at radius 3 is 2.54 bits per heavy atom. The second-order valence-electron chi connectivity index (χ2n) is 8.18. The Balaban J connectivity index is 1.62. The van der Waals surface area contributed by atoms with Crippen molar-refractivity contribution in [3.8, 4) is 0 Å². The molecule has 6 nitrogen and oxygen atoms in total. The Morgan fingerprint density at radius 2 is 1.88 bits per heavy atom. The van der Waals surface area contributed by atoms with Crippen LogP contribution < -0.4 is 10.2 Å². The number of carbonyl (C=O) groups excluding carboxylic acids is 3. The Kier molecular flexibility index (Phi) is 3.60. The molecule has 1 N–H and O–H groups in total. The van der Waals surface area contributed by atoms with Gasteiger partial charge in [0.2, 0.25) is 17.7 Å². The highest BCUT2D eigenvalue weighted by Crippen LogP contribution is 2.52. The normalized spacial score (nSPS) is 32.3. The number of anilines is 1. The van der Waals surface area contributed by atoms with Crippen LogP contribution >= 0.6 is 0 Å². The molecule has 0 unspecified atom stereocenters. The molecule has 6 heteroatoms. The summed E-state index contributed by atoms with van der Waals surface area (Å²) in [4.78, 5) is 39.6. The first-order chi connectivity index (χ1) is 12.2. The third-order valence-electron chi connectivity index (χ3n) is 5.38. The highest BCUT2D eigenvalue weighted by molar-refractivity contribution is 6.23. The first kappa shape index (κ1) is 17.0. The summed E-state index contributed by atoms with van der Waals surface area (Å²) in [6.07, 6.45) is 3.25. The lowest BCUT2D eigenvalue weighted by Crippen LogP contribution is -2.50. The smallest absolute Gasteiger partial charge is 0.241 e. The molecule has 2 fully saturated rings. The maximum atomic E-state index is 13.1. The Labute approximate surface area is 152 Å². The number of amides is 3. The molecule has 4 rings (SSSR count). The van der Waals surface area contributed by atoms with E-state index in [1.807, 2.05) is 39.0 Å². The third-order valence-corrected chi connectivity index (χ3v) is 5.38. The van der Waals surface area contributed by atoms with Crippen molar-refractivity contribution in [2.45, 2.75) is 32.5 Å². The molecule has 26 heavy (non-hydrogen) atoms. The number of nitrogens with one attached hydrogen (secondary N) is 1. The lowest BCUT2D eigenvalue weighted by Gasteiger charge is -2.30. The van der Waals surface area contributed by atoms with Crippen LogP contribution in [0.2, 0.25) is 0 Å². The van der Waals surface area contributed by atoms with Gasteiger partial charge < -0.3 is 10.1 Å². The van der Waals surface area contributed by atoms with Gasteiger partial charge in [-0.25, -0.2) is 4.90 Å². The number of carbonyl (C=O) groups is 3. The van der Waals surface area contributed by atoms with Crippen LogP contribution in [-0.4, -0.2) is 36.0 Å². The number of imide groups is 1. The number of benzene rings is 1. The fourth-order valence-corrected chi connectivity index (χ4v) is 4.02. The molecule has 0 aromatic heterocycles. The minimum atomic E-state index is -0.952. The summed E-state index contributed by atoms with van der Waals surface area (Å²) in [6.45, 7) is 5.66. The van der Waals surface area contributed by atoms with E-state index in [9.17, 15) is 14.4 Å². The van der Waals surface area contributed by atoms with Crippen molar-refractivity contribution in [3.05, 3.63) is 42.5 Å². The molecule has 3 amide bonds. The molecule has 3 aliphatic heterocycles. The highest BCUT2D eigenvalue weighted by Gasteiger charge is 2.67. The molecule has 136 valence electrons. The molecule has 0 radical (unpaired) electrons. The van der Waals surface area contributed by atoms with Crippen LogP contribution in [0.4, 0.5) is 5.69 Å². The third kappa shape index (κ3) is 2.32. The van der Waals surface area contributed by atoms with Gasteiger partial charge in [0, 0.05) is 5.41 Å². The van der Waals surface area contributed by atoms with Crippen molar-refractivity contribution < 1.29 is 19.1 Å². The largest absolute Gasteiger partial charge is 0.360 e. The van der Waals surface area contributed by atoms with Crippen molar-refractivity contribution in [2.75, 3.05) is 11.4 Å². The van der Waals surface area contributed by atoms with E-state index < -0.39 is 29.0 Å². The monoisotopic (exact) mass is 354 g/mol. The van der Waals surface area contributed by atoms with Gasteiger partial charge in [0.05, 0.1) is 30.2 Å². The SMILES string of the molecule is CC(C)(C)C(=O)NC[C@@]12C=C[C@@H](O1)[C@@H]1C(=O)N(c3ccccc3)C(=O)[C@H]12. The van der Waals surface area contributed by atoms with E-state index in [-0.39, 0.29) is 24.3 Å². The van der Waals surface area contributed by atoms with Gasteiger partial charge >= 0.3 is 0 Å². The second-order valence-corrected chi connectivity index (χ2v) is 8.18. The molecule has 2 bridgehead atoms. The predicted octanol–water partition coefficient (Wildman–Crippen LogP) is 1.66. The molecule has 3 aliphatic rings. The molecular weight excluding hydrogens is 332 g/mol. The van der Waals surface area contributed by atoms with Gasteiger partial charge in [0.15, 0.2) is 0 Å². The minimum Gasteiger partial charge on any atom is -0.360 e. The van der Waals surface area contributed by atoms with Crippen LogP contribution in [0.1, 0.15) is 20.8 Å². The summed E-state index contributed by atoms with van der Waals surface area (Å²) in [5.41, 5.74) is -0.917. The van der Waals surface area contributed by atoms with Gasteiger partial charge in [-0.2, -0.15) is 0 Å². The van der Waals surface area contributed by atoms with Crippen molar-refractivity contribution in [2.24, 2.45) is 17.3 Å². The summed E-state index contributed by atoms with van der Waals surface area (Å²) in [5, 5.41) is 2.89. The van der Waals surface area contributed by atoms with Crippen molar-refractivity contribution in [3.63, 3.8) is 0 Å². The van der Waals surface area contributed by atoms with E-state index in [1.54, 1.807) is 24.3 Å². The zero-order chi connectivity index (χ0) is 18.7. The van der Waals surface area contributed by atoms with Crippen molar-refractivity contribution in [1.82, 2.24) is 5.32 Å². The lowest BCUT2D eigenvalue weighted by atomic mass is 9.76. The molecule has 1 aromatic carbocycles. The Morgan fingerprint density at radius 1 is 1.19 bits per heavy atom. The maximum Gasteiger partial charge on any atom is 0.241 e. The minimum absolute atomic E-state index is 0.118. The van der Waals surface area contributed by atoms with Crippen molar-refractivity contribution >= 4 is 23.4 Å². The van der Waals surface area contributed by atoms with Crippen LogP contribution in [0.3, 0.4) is 0 Å². The van der Waals surface area contributed by atoms with E-state index in [4.69, 9.17) is 4.74 Å². The topological polar surface area (TPSA) is 75.7 Å². The number of hydrogen-bond acceptors (Lipinski definition) is 4. The van der Waals surface area contributed by atoms with Crippen LogP contribution in [-0.2, 0) is 19.1 Å². The number of para-hydroxylation sites is 1. The van der Waals surface area contributed by atoms with Gasteiger partial charge in [-0.3, -0.25) is 14.4 Å². The lowest BCUT2D eigenvalue weighted by molar-refractivity contribution is -0.132. The van der Waals surface area contributed by atoms with E-state index in [1.165, 1.54) is 4.90 Å². The average Bonchev–Trinajstić information content (AvgIpc) is 3.23. The number of nitrogens with zero attached hydrogens (tertiary/aromatic N) is 1. The highest BCUT2D eigenvalue weighted by atomic mass is 16.5. The average molecular weight is 354 g/mol. The Bertz CT molecular complexity index is 811. The summed E-state index contributed by atoms with van der Waals surface area (Å²) < 4.78 is 6.02. The van der Waals surface area contributed by atoms with Gasteiger partial charge in [-0.05, 0) is 12.1 Å². The van der Waals surface area contributed by atoms with Crippen LogP contribution in [0, 0.1) is 17.3 Å². The fourth-order valence-electron chi connectivity index (χ4n) is 4.02. The fraction of sp³-hybridized carbons (Fsp3) is 0.450. The summed E-state index contributed by atoms with van der Waals surface area (Å²) in [7, 11) is 0. The maximum absolute atomic E-state index is 13.1. The molecule has 0 saturated carbocycles.